The van der Waals surface area contributed by atoms with Crippen LogP contribution in [0.5, 0.6) is 0 Å². The molecule has 0 saturated heterocycles. The predicted molar refractivity (Wildman–Crippen MR) is 74.8 cm³/mol. The van der Waals surface area contributed by atoms with Gasteiger partial charge in [-0.25, -0.2) is 8.42 Å². The van der Waals surface area contributed by atoms with Gasteiger partial charge in [-0.05, 0) is 0 Å². The average Bonchev–Trinajstić information content (AvgIpc) is 2.31. The van der Waals surface area contributed by atoms with Gasteiger partial charge in [-0.3, -0.25) is 0 Å². The molecule has 0 amide bonds. The zero-order valence-electron chi connectivity index (χ0n) is 10.6. The molecule has 0 atom stereocenters. The Bertz CT molecular complexity index is 494. The molecule has 0 saturated carbocycles. The van der Waals surface area contributed by atoms with E-state index in [4.69, 9.17) is 0 Å². The van der Waals surface area contributed by atoms with Gasteiger partial charge in [0.25, 0.3) is 0 Å². The number of hydrogen-bond donors (Lipinski definition) is 1. The number of hydrogen-bond acceptors (Lipinski definition) is 2. The molecule has 3 nitrogen and oxygen atoms in total. The molecule has 1 N–H and O–H groups in total. The van der Waals surface area contributed by atoms with Crippen molar-refractivity contribution in [2.45, 2.75) is 0 Å². The van der Waals surface area contributed by atoms with E-state index in [1.807, 2.05) is 30.3 Å². The Labute approximate surface area is 142 Å². The first-order valence-electron chi connectivity index (χ1n) is 4.93. The zero-order valence-corrected chi connectivity index (χ0v) is 14.2. The van der Waals surface area contributed by atoms with Gasteiger partial charge in [0.2, 0.25) is 10.0 Å². The molecular formula is C13H13BNO2SY-2. The number of rotatable bonds is 2. The second-order valence-corrected chi connectivity index (χ2v) is 4.98. The largest absolute Gasteiger partial charge is 0.308 e. The van der Waals surface area contributed by atoms with Crippen LogP contribution in [0.4, 0.5) is 5.69 Å². The second-order valence-electron chi connectivity index (χ2n) is 3.23. The third-order valence-corrected chi connectivity index (χ3v) is 2.20. The first-order chi connectivity index (χ1) is 8.08. The van der Waals surface area contributed by atoms with E-state index in [0.717, 1.165) is 6.26 Å². The molecule has 6 heteroatoms. The van der Waals surface area contributed by atoms with Gasteiger partial charge in [0.05, 0.1) is 6.26 Å². The number of para-hydroxylation sites is 1. The standard InChI is InChI=1S/C7H8NO2S.C6H5.B.Y/c1-11(9,10)8-7-5-3-2-4-6-7;1-2-4-6-5-3-1;;/h2-5,8H,1H3;1-5H;;/q2*-1;;. The Hall–Kier alpha value is -0.641. The molecule has 0 heterocycles. The molecule has 96 valence electrons. The molecule has 0 aromatic heterocycles. The summed E-state index contributed by atoms with van der Waals surface area (Å²) >= 11 is 0. The average molecular weight is 347 g/mol. The first-order valence-corrected chi connectivity index (χ1v) is 6.83. The minimum atomic E-state index is -3.16. The van der Waals surface area contributed by atoms with Crippen LogP contribution in [0.3, 0.4) is 0 Å². The van der Waals surface area contributed by atoms with Gasteiger partial charge in [-0.2, -0.15) is 60.7 Å². The topological polar surface area (TPSA) is 46.2 Å². The third-order valence-electron chi connectivity index (χ3n) is 1.61. The first kappa shape index (κ1) is 20.7. The Morgan fingerprint density at radius 3 is 1.89 bits per heavy atom. The predicted octanol–water partition coefficient (Wildman–Crippen LogP) is 1.96. The van der Waals surface area contributed by atoms with E-state index in [0.29, 0.717) is 5.69 Å². The van der Waals surface area contributed by atoms with Gasteiger partial charge in [-0.1, -0.05) is 5.69 Å². The molecular weight excluding hydrogens is 334 g/mol. The minimum absolute atomic E-state index is 0. The molecule has 0 aliphatic heterocycles. The smallest absolute Gasteiger partial charge is 0.227 e. The van der Waals surface area contributed by atoms with Crippen LogP contribution in [-0.2, 0) is 42.7 Å². The van der Waals surface area contributed by atoms with E-state index in [1.165, 1.54) is 0 Å². The maximum Gasteiger partial charge on any atom is 0.227 e. The molecule has 4 radical (unpaired) electrons. The molecule has 0 spiro atoms. The fourth-order valence-electron chi connectivity index (χ4n) is 0.998. The van der Waals surface area contributed by atoms with Crippen molar-refractivity contribution in [3.8, 4) is 0 Å². The minimum Gasteiger partial charge on any atom is -0.308 e. The van der Waals surface area contributed by atoms with E-state index >= 15 is 0 Å². The third kappa shape index (κ3) is 12.1. The molecule has 19 heavy (non-hydrogen) atoms. The van der Waals surface area contributed by atoms with Crippen molar-refractivity contribution in [1.29, 1.82) is 0 Å². The Morgan fingerprint density at radius 1 is 1.00 bits per heavy atom. The van der Waals surface area contributed by atoms with Crippen LogP contribution in [-0.4, -0.2) is 23.1 Å². The van der Waals surface area contributed by atoms with Gasteiger partial charge in [0.15, 0.2) is 0 Å². The molecule has 2 rings (SSSR count). The Kier molecular flexibility index (Phi) is 12.2. The summed E-state index contributed by atoms with van der Waals surface area (Å²) in [6.07, 6.45) is 1.10. The van der Waals surface area contributed by atoms with Crippen LogP contribution in [0.2, 0.25) is 0 Å². The van der Waals surface area contributed by atoms with Gasteiger partial charge >= 0.3 is 0 Å². The van der Waals surface area contributed by atoms with Crippen molar-refractivity contribution < 1.29 is 41.1 Å². The van der Waals surface area contributed by atoms with Crippen LogP contribution >= 0.6 is 0 Å². The Balaban J connectivity index is 0. The van der Waals surface area contributed by atoms with Crippen molar-refractivity contribution >= 4 is 24.1 Å². The summed E-state index contributed by atoms with van der Waals surface area (Å²) in [5.74, 6) is 0. The molecule has 0 aliphatic rings. The van der Waals surface area contributed by atoms with Gasteiger partial charge in [0.1, 0.15) is 0 Å². The van der Waals surface area contributed by atoms with Crippen molar-refractivity contribution in [2.75, 3.05) is 11.0 Å². The van der Waals surface area contributed by atoms with Crippen LogP contribution in [0.15, 0.2) is 54.6 Å². The summed E-state index contributed by atoms with van der Waals surface area (Å²) in [5, 5.41) is 0. The quantitative estimate of drug-likeness (QED) is 0.667. The van der Waals surface area contributed by atoms with Crippen molar-refractivity contribution in [1.82, 2.24) is 0 Å². The van der Waals surface area contributed by atoms with Crippen molar-refractivity contribution in [2.24, 2.45) is 0 Å². The molecule has 2 aromatic carbocycles. The molecule has 0 aliphatic carbocycles. The van der Waals surface area contributed by atoms with Gasteiger partial charge in [-0.15, -0.1) is 6.07 Å². The summed E-state index contributed by atoms with van der Waals surface area (Å²) in [7, 11) is -3.16. The number of nitrogens with one attached hydrogen (secondary N) is 1. The van der Waals surface area contributed by atoms with Gasteiger partial charge in [0, 0.05) is 41.1 Å². The van der Waals surface area contributed by atoms with Crippen LogP contribution in [0.25, 0.3) is 0 Å². The summed E-state index contributed by atoms with van der Waals surface area (Å²) in [6.45, 7) is 0. The van der Waals surface area contributed by atoms with E-state index in [-0.39, 0.29) is 41.1 Å². The maximum atomic E-state index is 10.7. The summed E-state index contributed by atoms with van der Waals surface area (Å²) in [6, 6.07) is 22.0. The van der Waals surface area contributed by atoms with E-state index in [1.54, 1.807) is 24.3 Å². The number of benzene rings is 2. The summed E-state index contributed by atoms with van der Waals surface area (Å²) in [5.41, 5.74) is 0.468. The molecule has 0 fully saturated rings. The number of sulfonamides is 1. The van der Waals surface area contributed by atoms with Crippen LogP contribution in [0.1, 0.15) is 0 Å². The summed E-state index contributed by atoms with van der Waals surface area (Å²) < 4.78 is 23.6. The van der Waals surface area contributed by atoms with Crippen LogP contribution < -0.4 is 4.72 Å². The van der Waals surface area contributed by atoms with Crippen LogP contribution in [0, 0.1) is 12.1 Å². The van der Waals surface area contributed by atoms with Gasteiger partial charge < -0.3 is 4.72 Å². The molecule has 0 unspecified atom stereocenters. The van der Waals surface area contributed by atoms with E-state index < -0.39 is 10.0 Å². The molecule has 0 bridgehead atoms. The second kappa shape index (κ2) is 11.2. The fourth-order valence-corrected chi connectivity index (χ4v) is 1.52. The fraction of sp³-hybridized carbons (Fsp3) is 0.0769. The zero-order chi connectivity index (χ0) is 12.6. The van der Waals surface area contributed by atoms with E-state index in [2.05, 4.69) is 16.9 Å². The number of anilines is 1. The SMILES string of the molecule is CS(=O)(=O)Nc1[c-]cccc1.[B].[Y].[c-]1ccccc1. The Morgan fingerprint density at radius 2 is 1.58 bits per heavy atom. The maximum absolute atomic E-state index is 10.7. The normalized spacial score (nSPS) is 8.89. The molecule has 2 aromatic rings. The van der Waals surface area contributed by atoms with Crippen molar-refractivity contribution in [3.05, 3.63) is 66.7 Å². The summed E-state index contributed by atoms with van der Waals surface area (Å²) in [4.78, 5) is 0. The van der Waals surface area contributed by atoms with E-state index in [9.17, 15) is 8.42 Å². The van der Waals surface area contributed by atoms with Crippen molar-refractivity contribution in [3.63, 3.8) is 0 Å². The monoisotopic (exact) mass is 347 g/mol.